The number of carbonyl (C=O) groups excluding carboxylic acids is 1. The molecule has 1 aromatic heterocycles. The summed E-state index contributed by atoms with van der Waals surface area (Å²) < 4.78 is 29.9. The fourth-order valence-corrected chi connectivity index (χ4v) is 4.02. The first-order valence-electron chi connectivity index (χ1n) is 9.69. The summed E-state index contributed by atoms with van der Waals surface area (Å²) in [5.74, 6) is -2.45. The van der Waals surface area contributed by atoms with E-state index < -0.39 is 23.1 Å². The lowest BCUT2D eigenvalue weighted by Gasteiger charge is -2.36. The highest BCUT2D eigenvalue weighted by Crippen LogP contribution is 2.28. The molecule has 1 aliphatic rings. The van der Waals surface area contributed by atoms with Crippen molar-refractivity contribution in [2.45, 2.75) is 19.0 Å². The Hall–Kier alpha value is -2.99. The van der Waals surface area contributed by atoms with Gasteiger partial charge in [-0.1, -0.05) is 30.3 Å². The first-order valence-corrected chi connectivity index (χ1v) is 9.69. The standard InChI is InChI=1S/C23H23F2N3O/c1-27-12-5-10-20(27)21(28-13-11-16-6-2-3-7-17(16)15-28)14-26-23(29)22-18(24)8-4-9-19(22)25/h2-10,12,21H,11,13-15H2,1H3,(H,26,29). The normalized spacial score (nSPS) is 15.0. The molecule has 6 heteroatoms. The number of aryl methyl sites for hydroxylation is 1. The Morgan fingerprint density at radius 1 is 1.03 bits per heavy atom. The zero-order chi connectivity index (χ0) is 20.4. The molecule has 2 aromatic carbocycles. The first-order chi connectivity index (χ1) is 14.0. The monoisotopic (exact) mass is 395 g/mol. The van der Waals surface area contributed by atoms with Gasteiger partial charge in [-0.2, -0.15) is 0 Å². The molecule has 1 atom stereocenters. The minimum absolute atomic E-state index is 0.109. The van der Waals surface area contributed by atoms with Crippen molar-refractivity contribution in [3.05, 3.63) is 94.8 Å². The van der Waals surface area contributed by atoms with Gasteiger partial charge >= 0.3 is 0 Å². The molecular weight excluding hydrogens is 372 g/mol. The summed E-state index contributed by atoms with van der Waals surface area (Å²) in [7, 11) is 1.96. The van der Waals surface area contributed by atoms with Crippen LogP contribution in [0.15, 0.2) is 60.8 Å². The van der Waals surface area contributed by atoms with Crippen molar-refractivity contribution >= 4 is 5.91 Å². The molecule has 1 unspecified atom stereocenters. The van der Waals surface area contributed by atoms with Crippen molar-refractivity contribution in [1.82, 2.24) is 14.8 Å². The predicted molar refractivity (Wildman–Crippen MR) is 107 cm³/mol. The number of hydrogen-bond acceptors (Lipinski definition) is 2. The maximum atomic E-state index is 14.0. The molecular formula is C23H23F2N3O. The van der Waals surface area contributed by atoms with Crippen LogP contribution in [-0.2, 0) is 20.0 Å². The molecule has 0 aliphatic carbocycles. The third kappa shape index (κ3) is 3.93. The van der Waals surface area contributed by atoms with Gasteiger partial charge in [0.05, 0.1) is 6.04 Å². The zero-order valence-corrected chi connectivity index (χ0v) is 16.2. The fraction of sp³-hybridized carbons (Fsp3) is 0.261. The van der Waals surface area contributed by atoms with Gasteiger partial charge in [-0.3, -0.25) is 9.69 Å². The molecule has 0 saturated heterocycles. The molecule has 150 valence electrons. The van der Waals surface area contributed by atoms with Crippen LogP contribution in [0.5, 0.6) is 0 Å². The first kappa shape index (κ1) is 19.3. The van der Waals surface area contributed by atoms with E-state index in [0.717, 1.165) is 37.3 Å². The second-order valence-corrected chi connectivity index (χ2v) is 7.36. The van der Waals surface area contributed by atoms with Crippen LogP contribution < -0.4 is 5.32 Å². The number of nitrogens with one attached hydrogen (secondary N) is 1. The molecule has 0 saturated carbocycles. The van der Waals surface area contributed by atoms with E-state index in [1.54, 1.807) is 0 Å². The Morgan fingerprint density at radius 3 is 2.45 bits per heavy atom. The molecule has 1 aliphatic heterocycles. The predicted octanol–water partition coefficient (Wildman–Crippen LogP) is 3.83. The van der Waals surface area contributed by atoms with Gasteiger partial charge in [-0.15, -0.1) is 0 Å². The lowest BCUT2D eigenvalue weighted by atomic mass is 9.97. The van der Waals surface area contributed by atoms with Crippen LogP contribution in [0.1, 0.15) is 33.2 Å². The number of rotatable bonds is 5. The molecule has 29 heavy (non-hydrogen) atoms. The van der Waals surface area contributed by atoms with Gasteiger partial charge in [0.15, 0.2) is 0 Å². The highest BCUT2D eigenvalue weighted by molar-refractivity contribution is 5.94. The van der Waals surface area contributed by atoms with E-state index in [0.29, 0.717) is 0 Å². The number of aromatic nitrogens is 1. The van der Waals surface area contributed by atoms with Crippen molar-refractivity contribution in [3.63, 3.8) is 0 Å². The highest BCUT2D eigenvalue weighted by atomic mass is 19.1. The molecule has 3 aromatic rings. The third-order valence-electron chi connectivity index (χ3n) is 5.57. The van der Waals surface area contributed by atoms with Crippen LogP contribution >= 0.6 is 0 Å². The van der Waals surface area contributed by atoms with E-state index in [-0.39, 0.29) is 12.6 Å². The van der Waals surface area contributed by atoms with Crippen LogP contribution in [0.2, 0.25) is 0 Å². The molecule has 2 heterocycles. The zero-order valence-electron chi connectivity index (χ0n) is 16.2. The number of carbonyl (C=O) groups is 1. The molecule has 4 nitrogen and oxygen atoms in total. The van der Waals surface area contributed by atoms with Crippen molar-refractivity contribution in [1.29, 1.82) is 0 Å². The van der Waals surface area contributed by atoms with E-state index in [1.807, 2.05) is 42.1 Å². The Bertz CT molecular complexity index is 1010. The van der Waals surface area contributed by atoms with Crippen LogP contribution in [0.3, 0.4) is 0 Å². The van der Waals surface area contributed by atoms with Gasteiger partial charge in [0, 0.05) is 38.6 Å². The van der Waals surface area contributed by atoms with Gasteiger partial charge in [0.25, 0.3) is 5.91 Å². The van der Waals surface area contributed by atoms with Crippen molar-refractivity contribution < 1.29 is 13.6 Å². The van der Waals surface area contributed by atoms with E-state index in [4.69, 9.17) is 0 Å². The van der Waals surface area contributed by atoms with Crippen LogP contribution in [-0.4, -0.2) is 28.5 Å². The summed E-state index contributed by atoms with van der Waals surface area (Å²) in [6.45, 7) is 1.86. The lowest BCUT2D eigenvalue weighted by molar-refractivity contribution is 0.0917. The average Bonchev–Trinajstić information content (AvgIpc) is 3.13. The number of amides is 1. The number of fused-ring (bicyclic) bond motifs is 1. The van der Waals surface area contributed by atoms with Crippen molar-refractivity contribution in [2.75, 3.05) is 13.1 Å². The van der Waals surface area contributed by atoms with Gasteiger partial charge in [-0.25, -0.2) is 8.78 Å². The second-order valence-electron chi connectivity index (χ2n) is 7.36. The van der Waals surface area contributed by atoms with E-state index in [2.05, 4.69) is 22.3 Å². The maximum absolute atomic E-state index is 14.0. The summed E-state index contributed by atoms with van der Waals surface area (Å²) in [5.41, 5.74) is 3.11. The van der Waals surface area contributed by atoms with Gasteiger partial charge < -0.3 is 9.88 Å². The summed E-state index contributed by atoms with van der Waals surface area (Å²) >= 11 is 0. The molecule has 4 rings (SSSR count). The Kier molecular flexibility index (Phi) is 5.45. The van der Waals surface area contributed by atoms with Crippen molar-refractivity contribution in [2.24, 2.45) is 7.05 Å². The highest BCUT2D eigenvalue weighted by Gasteiger charge is 2.27. The number of nitrogens with zero attached hydrogens (tertiary/aromatic N) is 2. The minimum Gasteiger partial charge on any atom is -0.353 e. The Labute approximate surface area is 168 Å². The van der Waals surface area contributed by atoms with Crippen LogP contribution in [0, 0.1) is 11.6 Å². The molecule has 1 N–H and O–H groups in total. The lowest BCUT2D eigenvalue weighted by Crippen LogP contribution is -2.41. The topological polar surface area (TPSA) is 37.3 Å². The smallest absolute Gasteiger partial charge is 0.257 e. The minimum atomic E-state index is -0.857. The van der Waals surface area contributed by atoms with E-state index in [1.165, 1.54) is 17.2 Å². The average molecular weight is 395 g/mol. The van der Waals surface area contributed by atoms with E-state index >= 15 is 0 Å². The number of hydrogen-bond donors (Lipinski definition) is 1. The largest absolute Gasteiger partial charge is 0.353 e. The summed E-state index contributed by atoms with van der Waals surface area (Å²) in [6, 6.07) is 15.6. The Balaban J connectivity index is 1.56. The second kappa shape index (κ2) is 8.17. The number of benzene rings is 2. The SMILES string of the molecule is Cn1cccc1C(CNC(=O)c1c(F)cccc1F)N1CCc2ccccc2C1. The summed E-state index contributed by atoms with van der Waals surface area (Å²) in [4.78, 5) is 14.8. The molecule has 0 bridgehead atoms. The molecule has 0 radical (unpaired) electrons. The fourth-order valence-electron chi connectivity index (χ4n) is 4.02. The number of halogens is 2. The molecule has 1 amide bonds. The summed E-state index contributed by atoms with van der Waals surface area (Å²) in [6.07, 6.45) is 2.88. The van der Waals surface area contributed by atoms with Gasteiger partial charge in [0.2, 0.25) is 0 Å². The third-order valence-corrected chi connectivity index (χ3v) is 5.57. The quantitative estimate of drug-likeness (QED) is 0.713. The molecule has 0 spiro atoms. The molecule has 0 fully saturated rings. The van der Waals surface area contributed by atoms with Crippen LogP contribution in [0.4, 0.5) is 8.78 Å². The van der Waals surface area contributed by atoms with Gasteiger partial charge in [-0.05, 0) is 41.8 Å². The van der Waals surface area contributed by atoms with Crippen molar-refractivity contribution in [3.8, 4) is 0 Å². The van der Waals surface area contributed by atoms with Gasteiger partial charge in [0.1, 0.15) is 17.2 Å². The van der Waals surface area contributed by atoms with Crippen LogP contribution in [0.25, 0.3) is 0 Å². The summed E-state index contributed by atoms with van der Waals surface area (Å²) in [5, 5.41) is 2.74. The maximum Gasteiger partial charge on any atom is 0.257 e. The Morgan fingerprint density at radius 2 is 1.76 bits per heavy atom. The van der Waals surface area contributed by atoms with E-state index in [9.17, 15) is 13.6 Å².